The van der Waals surface area contributed by atoms with E-state index >= 15 is 0 Å². The van der Waals surface area contributed by atoms with Gasteiger partial charge >= 0.3 is 0 Å². The van der Waals surface area contributed by atoms with Crippen LogP contribution in [-0.4, -0.2) is 16.6 Å². The first-order valence-electron chi connectivity index (χ1n) is 6.39. The average Bonchev–Trinajstić information content (AvgIpc) is 2.29. The van der Waals surface area contributed by atoms with Crippen molar-refractivity contribution >= 4 is 5.82 Å². The van der Waals surface area contributed by atoms with Gasteiger partial charge in [0, 0.05) is 12.8 Å². The Morgan fingerprint density at radius 3 is 3.06 bits per heavy atom. The summed E-state index contributed by atoms with van der Waals surface area (Å²) < 4.78 is 6.00. The van der Waals surface area contributed by atoms with Gasteiger partial charge in [-0.15, -0.1) is 0 Å². The lowest BCUT2D eigenvalue weighted by atomic mass is 9.78. The van der Waals surface area contributed by atoms with E-state index in [0.717, 1.165) is 18.7 Å². The van der Waals surface area contributed by atoms with Crippen molar-refractivity contribution in [1.29, 1.82) is 0 Å². The standard InChI is InChI=1S/C13H21N3O/c1-3-17-13(7-4-5-10(2)9-13)12-15-8-6-11(14)16-12/h6,8,10H,3-5,7,9H2,1-2H3,(H2,14,15,16). The van der Waals surface area contributed by atoms with Gasteiger partial charge in [0.25, 0.3) is 0 Å². The maximum Gasteiger partial charge on any atom is 0.162 e. The summed E-state index contributed by atoms with van der Waals surface area (Å²) in [4.78, 5) is 8.74. The average molecular weight is 235 g/mol. The van der Waals surface area contributed by atoms with Crippen molar-refractivity contribution in [3.05, 3.63) is 18.1 Å². The topological polar surface area (TPSA) is 61.0 Å². The maximum atomic E-state index is 6.00. The van der Waals surface area contributed by atoms with E-state index < -0.39 is 0 Å². The Kier molecular flexibility index (Phi) is 3.62. The van der Waals surface area contributed by atoms with Crippen LogP contribution in [0.4, 0.5) is 5.82 Å². The van der Waals surface area contributed by atoms with Crippen molar-refractivity contribution in [2.75, 3.05) is 12.3 Å². The molecular formula is C13H21N3O. The number of rotatable bonds is 3. The molecule has 0 bridgehead atoms. The SMILES string of the molecule is CCOC1(c2nccc(N)n2)CCCC(C)C1. The first-order valence-corrected chi connectivity index (χ1v) is 6.39. The van der Waals surface area contributed by atoms with Gasteiger partial charge in [0.1, 0.15) is 11.4 Å². The minimum Gasteiger partial charge on any atom is -0.384 e. The predicted octanol–water partition coefficient (Wildman–Crippen LogP) is 2.50. The molecule has 0 aliphatic heterocycles. The van der Waals surface area contributed by atoms with Crippen LogP contribution < -0.4 is 5.73 Å². The van der Waals surface area contributed by atoms with Crippen molar-refractivity contribution in [3.63, 3.8) is 0 Å². The minimum atomic E-state index is -0.318. The molecular weight excluding hydrogens is 214 g/mol. The Bertz CT molecular complexity index is 379. The van der Waals surface area contributed by atoms with Gasteiger partial charge in [0.05, 0.1) is 0 Å². The molecule has 1 aromatic heterocycles. The molecule has 1 aromatic rings. The zero-order valence-electron chi connectivity index (χ0n) is 10.6. The van der Waals surface area contributed by atoms with E-state index in [0.29, 0.717) is 18.3 Å². The summed E-state index contributed by atoms with van der Waals surface area (Å²) in [6, 6.07) is 1.72. The summed E-state index contributed by atoms with van der Waals surface area (Å²) in [5, 5.41) is 0. The smallest absolute Gasteiger partial charge is 0.162 e. The molecule has 0 spiro atoms. The molecule has 0 aromatic carbocycles. The molecule has 17 heavy (non-hydrogen) atoms. The Balaban J connectivity index is 2.32. The summed E-state index contributed by atoms with van der Waals surface area (Å²) >= 11 is 0. The second-order valence-corrected chi connectivity index (χ2v) is 4.93. The fourth-order valence-corrected chi connectivity index (χ4v) is 2.77. The molecule has 1 aliphatic rings. The normalized spacial score (nSPS) is 29.2. The van der Waals surface area contributed by atoms with E-state index in [4.69, 9.17) is 10.5 Å². The van der Waals surface area contributed by atoms with Crippen molar-refractivity contribution in [2.24, 2.45) is 5.92 Å². The van der Waals surface area contributed by atoms with E-state index in [2.05, 4.69) is 16.9 Å². The van der Waals surface area contributed by atoms with Crippen molar-refractivity contribution in [2.45, 2.75) is 45.1 Å². The van der Waals surface area contributed by atoms with Crippen molar-refractivity contribution < 1.29 is 4.74 Å². The molecule has 0 radical (unpaired) electrons. The molecule has 2 unspecified atom stereocenters. The van der Waals surface area contributed by atoms with Gasteiger partial charge in [-0.1, -0.05) is 13.3 Å². The van der Waals surface area contributed by atoms with Crippen LogP contribution in [0.15, 0.2) is 12.3 Å². The fraction of sp³-hybridized carbons (Fsp3) is 0.692. The van der Waals surface area contributed by atoms with Gasteiger partial charge in [-0.25, -0.2) is 9.97 Å². The second kappa shape index (κ2) is 5.00. The molecule has 2 N–H and O–H groups in total. The number of hydrogen-bond acceptors (Lipinski definition) is 4. The van der Waals surface area contributed by atoms with Gasteiger partial charge in [-0.2, -0.15) is 0 Å². The van der Waals surface area contributed by atoms with E-state index in [1.807, 2.05) is 6.92 Å². The third-order valence-corrected chi connectivity index (χ3v) is 3.46. The van der Waals surface area contributed by atoms with Crippen LogP contribution in [0.2, 0.25) is 0 Å². The number of nitrogens with zero attached hydrogens (tertiary/aromatic N) is 2. The van der Waals surface area contributed by atoms with Gasteiger partial charge in [0.2, 0.25) is 0 Å². The summed E-state index contributed by atoms with van der Waals surface area (Å²) in [7, 11) is 0. The highest BCUT2D eigenvalue weighted by Crippen LogP contribution is 2.41. The zero-order valence-corrected chi connectivity index (χ0v) is 10.6. The molecule has 2 rings (SSSR count). The monoisotopic (exact) mass is 235 g/mol. The molecule has 2 atom stereocenters. The third-order valence-electron chi connectivity index (χ3n) is 3.46. The van der Waals surface area contributed by atoms with Gasteiger partial charge in [-0.3, -0.25) is 0 Å². The number of anilines is 1. The number of nitrogen functional groups attached to an aromatic ring is 1. The van der Waals surface area contributed by atoms with Crippen LogP contribution in [0.3, 0.4) is 0 Å². The van der Waals surface area contributed by atoms with E-state index in [1.54, 1.807) is 12.3 Å². The van der Waals surface area contributed by atoms with Gasteiger partial charge < -0.3 is 10.5 Å². The maximum absolute atomic E-state index is 6.00. The molecule has 4 heteroatoms. The molecule has 94 valence electrons. The summed E-state index contributed by atoms with van der Waals surface area (Å²) in [5.41, 5.74) is 5.43. The highest BCUT2D eigenvalue weighted by atomic mass is 16.5. The van der Waals surface area contributed by atoms with Crippen LogP contribution in [0.5, 0.6) is 0 Å². The van der Waals surface area contributed by atoms with Crippen LogP contribution in [0, 0.1) is 5.92 Å². The number of ether oxygens (including phenoxy) is 1. The summed E-state index contributed by atoms with van der Waals surface area (Å²) in [6.45, 7) is 4.97. The lowest BCUT2D eigenvalue weighted by Crippen LogP contribution is -2.37. The first-order chi connectivity index (χ1) is 8.16. The van der Waals surface area contributed by atoms with Crippen LogP contribution in [-0.2, 0) is 10.3 Å². The van der Waals surface area contributed by atoms with E-state index in [9.17, 15) is 0 Å². The van der Waals surface area contributed by atoms with Crippen molar-refractivity contribution in [1.82, 2.24) is 9.97 Å². The Hall–Kier alpha value is -1.16. The quantitative estimate of drug-likeness (QED) is 0.874. The van der Waals surface area contributed by atoms with Crippen LogP contribution >= 0.6 is 0 Å². The first kappa shape index (κ1) is 12.3. The largest absolute Gasteiger partial charge is 0.384 e. The molecule has 1 saturated carbocycles. The van der Waals surface area contributed by atoms with Crippen molar-refractivity contribution in [3.8, 4) is 0 Å². The van der Waals surface area contributed by atoms with Crippen LogP contribution in [0.25, 0.3) is 0 Å². The molecule has 1 aliphatic carbocycles. The van der Waals surface area contributed by atoms with Gasteiger partial charge in [0.15, 0.2) is 5.82 Å². The lowest BCUT2D eigenvalue weighted by Gasteiger charge is -2.38. The summed E-state index contributed by atoms with van der Waals surface area (Å²) in [5.74, 6) is 1.93. The minimum absolute atomic E-state index is 0.318. The van der Waals surface area contributed by atoms with E-state index in [1.165, 1.54) is 12.8 Å². The molecule has 1 heterocycles. The Labute approximate surface area is 103 Å². The molecule has 4 nitrogen and oxygen atoms in total. The number of aromatic nitrogens is 2. The fourth-order valence-electron chi connectivity index (χ4n) is 2.77. The lowest BCUT2D eigenvalue weighted by molar-refractivity contribution is -0.0880. The Morgan fingerprint density at radius 2 is 2.41 bits per heavy atom. The molecule has 1 fully saturated rings. The van der Waals surface area contributed by atoms with E-state index in [-0.39, 0.29) is 5.60 Å². The third kappa shape index (κ3) is 2.57. The number of nitrogens with two attached hydrogens (primary N) is 1. The molecule has 0 saturated heterocycles. The molecule has 0 amide bonds. The van der Waals surface area contributed by atoms with Crippen LogP contribution in [0.1, 0.15) is 45.4 Å². The zero-order chi connectivity index (χ0) is 12.3. The predicted molar refractivity (Wildman–Crippen MR) is 67.4 cm³/mol. The second-order valence-electron chi connectivity index (χ2n) is 4.93. The Morgan fingerprint density at radius 1 is 1.59 bits per heavy atom. The highest BCUT2D eigenvalue weighted by molar-refractivity contribution is 5.26. The number of hydrogen-bond donors (Lipinski definition) is 1. The highest BCUT2D eigenvalue weighted by Gasteiger charge is 2.39. The summed E-state index contributed by atoms with van der Waals surface area (Å²) in [6.07, 6.45) is 6.13. The van der Waals surface area contributed by atoms with Gasteiger partial charge in [-0.05, 0) is 38.2 Å².